The van der Waals surface area contributed by atoms with Crippen molar-refractivity contribution in [2.45, 2.75) is 38.3 Å². The van der Waals surface area contributed by atoms with Crippen LogP contribution in [-0.2, 0) is 19.4 Å². The lowest BCUT2D eigenvalue weighted by Crippen LogP contribution is -2.32. The fraction of sp³-hybridized carbons (Fsp3) is 0.316. The van der Waals surface area contributed by atoms with E-state index in [-0.39, 0.29) is 11.6 Å². The van der Waals surface area contributed by atoms with Crippen molar-refractivity contribution in [2.24, 2.45) is 0 Å². The summed E-state index contributed by atoms with van der Waals surface area (Å²) in [5.74, 6) is 1.34. The first-order valence-corrected chi connectivity index (χ1v) is 16.1. The molecular weight excluding hydrogens is 578 g/mol. The quantitative estimate of drug-likeness (QED) is 0.170. The number of halogens is 2. The third-order valence-electron chi connectivity index (χ3n) is 9.22. The summed E-state index contributed by atoms with van der Waals surface area (Å²) in [4.78, 5) is 14.6. The Bertz CT molecular complexity index is 2000. The first-order valence-electron chi connectivity index (χ1n) is 16.1. The largest absolute Gasteiger partial charge is 0.326 e. The number of likely N-dealkylation sites (tertiary alicyclic amines) is 1. The van der Waals surface area contributed by atoms with E-state index in [0.29, 0.717) is 18.9 Å². The lowest BCUT2D eigenvalue weighted by molar-refractivity contribution is 0.222. The highest BCUT2D eigenvalue weighted by Crippen LogP contribution is 2.32. The van der Waals surface area contributed by atoms with E-state index < -0.39 is 0 Å². The molecule has 6 nitrogen and oxygen atoms in total. The van der Waals surface area contributed by atoms with Gasteiger partial charge in [-0.2, -0.15) is 0 Å². The molecule has 0 N–H and O–H groups in total. The molecule has 6 aromatic rings. The number of nitrogens with zero attached hydrogens (tertiary/aromatic N) is 6. The molecule has 0 unspecified atom stereocenters. The highest BCUT2D eigenvalue weighted by atomic mass is 19.1. The van der Waals surface area contributed by atoms with Gasteiger partial charge in [0, 0.05) is 32.0 Å². The second kappa shape index (κ2) is 12.8. The van der Waals surface area contributed by atoms with Crippen molar-refractivity contribution >= 4 is 22.1 Å². The minimum Gasteiger partial charge on any atom is -0.326 e. The molecule has 0 amide bonds. The lowest BCUT2D eigenvalue weighted by Gasteiger charge is -2.31. The average molecular weight is 619 g/mol. The van der Waals surface area contributed by atoms with Crippen LogP contribution in [0.3, 0.4) is 0 Å². The van der Waals surface area contributed by atoms with Crippen molar-refractivity contribution < 1.29 is 8.78 Å². The highest BCUT2D eigenvalue weighted by Gasteiger charge is 2.23. The van der Waals surface area contributed by atoms with E-state index in [1.165, 1.54) is 6.07 Å². The Balaban J connectivity index is 1.23. The molecule has 1 fully saturated rings. The van der Waals surface area contributed by atoms with Gasteiger partial charge in [-0.3, -0.25) is 0 Å². The number of imidazole rings is 2. The van der Waals surface area contributed by atoms with Gasteiger partial charge in [0.05, 0.1) is 22.1 Å². The Labute approximate surface area is 268 Å². The molecule has 1 aliphatic heterocycles. The van der Waals surface area contributed by atoms with Gasteiger partial charge >= 0.3 is 0 Å². The normalized spacial score (nSPS) is 14.7. The Morgan fingerprint density at radius 2 is 1.48 bits per heavy atom. The molecule has 0 spiro atoms. The molecule has 0 bridgehead atoms. The molecule has 46 heavy (non-hydrogen) atoms. The summed E-state index contributed by atoms with van der Waals surface area (Å²) in [5, 5.41) is 0. The maximum atomic E-state index is 15.3. The minimum atomic E-state index is -0.266. The molecule has 1 saturated heterocycles. The molecule has 3 heterocycles. The molecule has 0 saturated carbocycles. The Kier molecular flexibility index (Phi) is 8.40. The van der Waals surface area contributed by atoms with Gasteiger partial charge in [-0.15, -0.1) is 0 Å². The average Bonchev–Trinajstić information content (AvgIpc) is 3.56. The third-order valence-corrected chi connectivity index (χ3v) is 9.22. The van der Waals surface area contributed by atoms with Crippen LogP contribution in [-0.4, -0.2) is 69.7 Å². The Hall–Kier alpha value is -4.40. The van der Waals surface area contributed by atoms with Crippen molar-refractivity contribution in [3.8, 4) is 11.1 Å². The summed E-state index contributed by atoms with van der Waals surface area (Å²) < 4.78 is 33.9. The zero-order chi connectivity index (χ0) is 31.8. The van der Waals surface area contributed by atoms with Crippen LogP contribution >= 0.6 is 0 Å². The number of piperidine rings is 1. The summed E-state index contributed by atoms with van der Waals surface area (Å²) in [6.07, 6.45) is 3.21. The molecule has 2 aromatic heterocycles. The van der Waals surface area contributed by atoms with Crippen LogP contribution in [0, 0.1) is 11.6 Å². The predicted molar refractivity (Wildman–Crippen MR) is 181 cm³/mol. The van der Waals surface area contributed by atoms with E-state index in [1.54, 1.807) is 24.3 Å². The second-order valence-corrected chi connectivity index (χ2v) is 12.9. The molecular formula is C38H40F2N6. The highest BCUT2D eigenvalue weighted by molar-refractivity contribution is 5.83. The standard InChI is InChI=1S/C38H40F2N6/c1-43(2)17-18-45-35-12-11-28(25-34(35)42-37(45)22-26-7-6-8-30(39)20-26)29-19-27(21-31(40)24-29)23-38-41-33-9-4-5-10-36(33)46(38)32-13-15-44(3)16-14-32/h4-12,19-21,24-25,32H,13-18,22-23H2,1-3H3. The van der Waals surface area contributed by atoms with Crippen molar-refractivity contribution in [1.82, 2.24) is 28.9 Å². The second-order valence-electron chi connectivity index (χ2n) is 12.9. The van der Waals surface area contributed by atoms with E-state index in [2.05, 4.69) is 62.4 Å². The maximum Gasteiger partial charge on any atom is 0.124 e. The van der Waals surface area contributed by atoms with E-state index in [1.807, 2.05) is 32.3 Å². The van der Waals surface area contributed by atoms with Crippen LogP contribution in [0.1, 0.15) is 41.7 Å². The summed E-state index contributed by atoms with van der Waals surface area (Å²) in [7, 11) is 6.27. The van der Waals surface area contributed by atoms with E-state index >= 15 is 4.39 Å². The number of benzene rings is 4. The van der Waals surface area contributed by atoms with Crippen LogP contribution in [0.25, 0.3) is 33.2 Å². The van der Waals surface area contributed by atoms with Crippen LogP contribution in [0.5, 0.6) is 0 Å². The van der Waals surface area contributed by atoms with E-state index in [0.717, 1.165) is 95.0 Å². The Morgan fingerprint density at radius 1 is 0.717 bits per heavy atom. The number of hydrogen-bond donors (Lipinski definition) is 0. The van der Waals surface area contributed by atoms with Gasteiger partial charge in [0.1, 0.15) is 23.3 Å². The van der Waals surface area contributed by atoms with Crippen LogP contribution < -0.4 is 0 Å². The first-order chi connectivity index (χ1) is 22.3. The molecule has 4 aromatic carbocycles. The fourth-order valence-corrected chi connectivity index (χ4v) is 6.85. The number of aromatic nitrogens is 4. The lowest BCUT2D eigenvalue weighted by atomic mass is 10.00. The predicted octanol–water partition coefficient (Wildman–Crippen LogP) is 7.34. The van der Waals surface area contributed by atoms with Gasteiger partial charge in [0.2, 0.25) is 0 Å². The van der Waals surface area contributed by atoms with E-state index in [4.69, 9.17) is 9.97 Å². The Morgan fingerprint density at radius 3 is 2.28 bits per heavy atom. The van der Waals surface area contributed by atoms with E-state index in [9.17, 15) is 4.39 Å². The first kappa shape index (κ1) is 30.3. The maximum absolute atomic E-state index is 15.3. The van der Waals surface area contributed by atoms with Crippen LogP contribution in [0.4, 0.5) is 8.78 Å². The third kappa shape index (κ3) is 6.32. The van der Waals surface area contributed by atoms with Crippen LogP contribution in [0.2, 0.25) is 0 Å². The number of para-hydroxylation sites is 2. The van der Waals surface area contributed by atoms with Gasteiger partial charge in [-0.1, -0.05) is 36.4 Å². The summed E-state index contributed by atoms with van der Waals surface area (Å²) in [6.45, 7) is 3.71. The molecule has 0 atom stereocenters. The van der Waals surface area contributed by atoms with Crippen molar-refractivity contribution in [3.63, 3.8) is 0 Å². The number of rotatable bonds is 9. The fourth-order valence-electron chi connectivity index (χ4n) is 6.85. The van der Waals surface area contributed by atoms with Gasteiger partial charge in [0.25, 0.3) is 0 Å². The van der Waals surface area contributed by atoms with Crippen LogP contribution in [0.15, 0.2) is 84.9 Å². The molecule has 7 rings (SSSR count). The molecule has 0 aliphatic carbocycles. The summed E-state index contributed by atoms with van der Waals surface area (Å²) >= 11 is 0. The molecule has 8 heteroatoms. The van der Waals surface area contributed by atoms with Gasteiger partial charge in [-0.25, -0.2) is 18.7 Å². The van der Waals surface area contributed by atoms with Gasteiger partial charge in [0.15, 0.2) is 0 Å². The number of hydrogen-bond acceptors (Lipinski definition) is 4. The summed E-state index contributed by atoms with van der Waals surface area (Å²) in [5.41, 5.74) is 7.48. The van der Waals surface area contributed by atoms with Gasteiger partial charge in [-0.05, 0) is 118 Å². The zero-order valence-electron chi connectivity index (χ0n) is 26.8. The molecule has 236 valence electrons. The minimum absolute atomic E-state index is 0.250. The smallest absolute Gasteiger partial charge is 0.124 e. The number of fused-ring (bicyclic) bond motifs is 2. The number of likely N-dealkylation sites (N-methyl/N-ethyl adjacent to an activating group) is 1. The van der Waals surface area contributed by atoms with Gasteiger partial charge < -0.3 is 18.9 Å². The van der Waals surface area contributed by atoms with Crippen molar-refractivity contribution in [1.29, 1.82) is 0 Å². The SMILES string of the molecule is CN(C)CCn1c(Cc2cccc(F)c2)nc2cc(-c3cc(F)cc(Cc4nc5ccccc5n4C4CCN(C)CC4)c3)ccc21. The zero-order valence-corrected chi connectivity index (χ0v) is 26.8. The molecule has 1 aliphatic rings. The van der Waals surface area contributed by atoms with Crippen molar-refractivity contribution in [2.75, 3.05) is 40.8 Å². The topological polar surface area (TPSA) is 42.1 Å². The van der Waals surface area contributed by atoms with Crippen molar-refractivity contribution in [3.05, 3.63) is 119 Å². The monoisotopic (exact) mass is 618 g/mol. The summed E-state index contributed by atoms with van der Waals surface area (Å²) in [6, 6.07) is 26.9. The molecule has 0 radical (unpaired) electrons.